The predicted octanol–water partition coefficient (Wildman–Crippen LogP) is 1.86. The smallest absolute Gasteiger partial charge is 0.338 e. The molecule has 6 heteroatoms. The number of nitrogens with zero attached hydrogens (tertiary/aromatic N) is 1. The summed E-state index contributed by atoms with van der Waals surface area (Å²) in [4.78, 5) is 24.6. The molecule has 1 aromatic carbocycles. The van der Waals surface area contributed by atoms with E-state index < -0.39 is 16.8 Å². The number of carbonyl (C=O) groups excluding carboxylic acids is 2. The first-order valence-electron chi connectivity index (χ1n) is 7.10. The lowest BCUT2D eigenvalue weighted by Gasteiger charge is -2.38. The first kappa shape index (κ1) is 16.4. The molecule has 0 N–H and O–H groups in total. The van der Waals surface area contributed by atoms with Gasteiger partial charge in [-0.05, 0) is 24.6 Å². The molecule has 2 unspecified atom stereocenters. The van der Waals surface area contributed by atoms with Gasteiger partial charge in [-0.15, -0.1) is 0 Å². The Morgan fingerprint density at radius 1 is 1.45 bits per heavy atom. The van der Waals surface area contributed by atoms with E-state index >= 15 is 0 Å². The van der Waals surface area contributed by atoms with E-state index in [1.165, 1.54) is 6.08 Å². The largest absolute Gasteiger partial charge is 0.458 e. The van der Waals surface area contributed by atoms with Gasteiger partial charge in [0.05, 0.1) is 17.7 Å². The number of rotatable bonds is 7. The van der Waals surface area contributed by atoms with Crippen LogP contribution in [-0.4, -0.2) is 39.5 Å². The van der Waals surface area contributed by atoms with Crippen molar-refractivity contribution in [1.29, 1.82) is 0 Å². The summed E-state index contributed by atoms with van der Waals surface area (Å²) in [5.41, 5.74) is 1.32. The van der Waals surface area contributed by atoms with Crippen LogP contribution in [0.15, 0.2) is 36.9 Å². The van der Waals surface area contributed by atoms with Crippen molar-refractivity contribution in [2.45, 2.75) is 24.5 Å². The molecule has 118 valence electrons. The van der Waals surface area contributed by atoms with Crippen molar-refractivity contribution in [2.75, 3.05) is 13.2 Å². The first-order chi connectivity index (χ1) is 10.6. The Morgan fingerprint density at radius 3 is 2.68 bits per heavy atom. The zero-order valence-electron chi connectivity index (χ0n) is 12.5. The zero-order valence-corrected chi connectivity index (χ0v) is 13.3. The van der Waals surface area contributed by atoms with E-state index in [9.17, 15) is 13.8 Å². The summed E-state index contributed by atoms with van der Waals surface area (Å²) in [5.74, 6) is 0.0201. The molecular formula is C16H19NO4S. The molecule has 0 spiro atoms. The first-order valence-corrected chi connectivity index (χ1v) is 8.48. The maximum Gasteiger partial charge on any atom is 0.338 e. The SMILES string of the molecule is C=CCOC(=O)c1ccc(CS(=O)C2CC(=O)N2CC)cc1. The van der Waals surface area contributed by atoms with E-state index in [1.54, 1.807) is 29.2 Å². The van der Waals surface area contributed by atoms with Gasteiger partial charge >= 0.3 is 5.97 Å². The summed E-state index contributed by atoms with van der Waals surface area (Å²) in [6.45, 7) is 6.12. The van der Waals surface area contributed by atoms with Gasteiger partial charge in [-0.1, -0.05) is 24.8 Å². The highest BCUT2D eigenvalue weighted by atomic mass is 32.2. The molecule has 0 aromatic heterocycles. The maximum atomic E-state index is 12.3. The Kier molecular flexibility index (Phi) is 5.49. The van der Waals surface area contributed by atoms with Crippen LogP contribution in [0.5, 0.6) is 0 Å². The van der Waals surface area contributed by atoms with Gasteiger partial charge in [0.1, 0.15) is 12.0 Å². The molecule has 2 atom stereocenters. The Hall–Kier alpha value is -1.95. The van der Waals surface area contributed by atoms with Gasteiger partial charge in [0, 0.05) is 17.3 Å². The van der Waals surface area contributed by atoms with E-state index in [0.717, 1.165) is 5.56 Å². The fourth-order valence-electron chi connectivity index (χ4n) is 2.26. The third-order valence-electron chi connectivity index (χ3n) is 3.49. The maximum absolute atomic E-state index is 12.3. The molecule has 1 aliphatic rings. The highest BCUT2D eigenvalue weighted by Crippen LogP contribution is 2.24. The molecule has 1 saturated heterocycles. The Balaban J connectivity index is 1.94. The highest BCUT2D eigenvalue weighted by Gasteiger charge is 2.38. The van der Waals surface area contributed by atoms with Crippen LogP contribution in [0.3, 0.4) is 0 Å². The summed E-state index contributed by atoms with van der Waals surface area (Å²) in [6.07, 6.45) is 1.86. The fraction of sp³-hybridized carbons (Fsp3) is 0.375. The van der Waals surface area contributed by atoms with Gasteiger partial charge in [-0.3, -0.25) is 9.00 Å². The Morgan fingerprint density at radius 2 is 2.14 bits per heavy atom. The van der Waals surface area contributed by atoms with Crippen molar-refractivity contribution in [2.24, 2.45) is 0 Å². The lowest BCUT2D eigenvalue weighted by atomic mass is 10.1. The minimum atomic E-state index is -1.13. The molecule has 0 bridgehead atoms. The van der Waals surface area contributed by atoms with Crippen molar-refractivity contribution >= 4 is 22.7 Å². The number of β-lactam (4-membered cyclic amide) rings is 1. The van der Waals surface area contributed by atoms with Crippen LogP contribution >= 0.6 is 0 Å². The molecule has 22 heavy (non-hydrogen) atoms. The number of carbonyl (C=O) groups is 2. The summed E-state index contributed by atoms with van der Waals surface area (Å²) < 4.78 is 17.2. The third kappa shape index (κ3) is 3.62. The normalized spacial score (nSPS) is 18.5. The summed E-state index contributed by atoms with van der Waals surface area (Å²) in [5, 5.41) is -0.185. The van der Waals surface area contributed by atoms with Crippen LogP contribution in [-0.2, 0) is 26.1 Å². The molecule has 1 fully saturated rings. The van der Waals surface area contributed by atoms with Gasteiger partial charge in [-0.2, -0.15) is 0 Å². The van der Waals surface area contributed by atoms with E-state index in [0.29, 0.717) is 24.3 Å². The number of amides is 1. The van der Waals surface area contributed by atoms with Crippen LogP contribution in [0.25, 0.3) is 0 Å². The molecule has 0 saturated carbocycles. The molecule has 0 aliphatic carbocycles. The molecule has 1 amide bonds. The van der Waals surface area contributed by atoms with E-state index in [1.807, 2.05) is 6.92 Å². The lowest BCUT2D eigenvalue weighted by molar-refractivity contribution is -0.141. The van der Waals surface area contributed by atoms with Crippen LogP contribution in [0.1, 0.15) is 29.3 Å². The number of esters is 1. The van der Waals surface area contributed by atoms with E-state index in [-0.39, 0.29) is 17.9 Å². The topological polar surface area (TPSA) is 63.7 Å². The van der Waals surface area contributed by atoms with Crippen LogP contribution in [0, 0.1) is 0 Å². The van der Waals surface area contributed by atoms with Crippen LogP contribution in [0.4, 0.5) is 0 Å². The summed E-state index contributed by atoms with van der Waals surface area (Å²) in [6, 6.07) is 6.83. The number of benzene rings is 1. The Labute approximate surface area is 132 Å². The van der Waals surface area contributed by atoms with Crippen molar-refractivity contribution in [3.8, 4) is 0 Å². The summed E-state index contributed by atoms with van der Waals surface area (Å²) >= 11 is 0. The third-order valence-corrected chi connectivity index (χ3v) is 5.14. The van der Waals surface area contributed by atoms with Crippen molar-refractivity contribution in [3.05, 3.63) is 48.0 Å². The van der Waals surface area contributed by atoms with Gasteiger partial charge in [-0.25, -0.2) is 4.79 Å². The number of ether oxygens (including phenoxy) is 1. The standard InChI is InChI=1S/C16H19NO4S/c1-3-9-21-16(19)13-7-5-12(6-8-13)11-22(20)15-10-14(18)17(15)4-2/h3,5-8,15H,1,4,9-11H2,2H3. The molecule has 0 radical (unpaired) electrons. The molecule has 1 aliphatic heterocycles. The number of hydrogen-bond acceptors (Lipinski definition) is 4. The highest BCUT2D eigenvalue weighted by molar-refractivity contribution is 7.84. The monoisotopic (exact) mass is 321 g/mol. The summed E-state index contributed by atoms with van der Waals surface area (Å²) in [7, 11) is -1.13. The predicted molar refractivity (Wildman–Crippen MR) is 84.6 cm³/mol. The van der Waals surface area contributed by atoms with Crippen molar-refractivity contribution in [3.63, 3.8) is 0 Å². The Bertz CT molecular complexity index is 597. The van der Waals surface area contributed by atoms with Crippen LogP contribution in [0.2, 0.25) is 0 Å². The quantitative estimate of drug-likeness (QED) is 0.437. The fourth-order valence-corrected chi connectivity index (χ4v) is 3.85. The van der Waals surface area contributed by atoms with Gasteiger partial charge < -0.3 is 9.64 Å². The second-order valence-electron chi connectivity index (χ2n) is 4.95. The lowest BCUT2D eigenvalue weighted by Crippen LogP contribution is -2.54. The van der Waals surface area contributed by atoms with Gasteiger partial charge in [0.2, 0.25) is 5.91 Å². The minimum Gasteiger partial charge on any atom is -0.458 e. The number of hydrogen-bond donors (Lipinski definition) is 0. The number of likely N-dealkylation sites (tertiary alicyclic amines) is 1. The average molecular weight is 321 g/mol. The molecule has 2 rings (SSSR count). The average Bonchev–Trinajstić information content (AvgIpc) is 2.51. The zero-order chi connectivity index (χ0) is 16.1. The van der Waals surface area contributed by atoms with E-state index in [2.05, 4.69) is 6.58 Å². The molecular weight excluding hydrogens is 302 g/mol. The van der Waals surface area contributed by atoms with Crippen molar-refractivity contribution < 1.29 is 18.5 Å². The van der Waals surface area contributed by atoms with Crippen LogP contribution < -0.4 is 0 Å². The minimum absolute atomic E-state index is 0.0566. The molecule has 1 heterocycles. The molecule has 1 aromatic rings. The van der Waals surface area contributed by atoms with E-state index in [4.69, 9.17) is 4.74 Å². The second kappa shape index (κ2) is 7.35. The van der Waals surface area contributed by atoms with Gasteiger partial charge in [0.15, 0.2) is 0 Å². The molecule has 5 nitrogen and oxygen atoms in total. The van der Waals surface area contributed by atoms with Crippen molar-refractivity contribution in [1.82, 2.24) is 4.90 Å². The second-order valence-corrected chi connectivity index (χ2v) is 6.54. The van der Waals surface area contributed by atoms with Gasteiger partial charge in [0.25, 0.3) is 0 Å².